The summed E-state index contributed by atoms with van der Waals surface area (Å²) in [5.74, 6) is 0.844. The van der Waals surface area contributed by atoms with Gasteiger partial charge >= 0.3 is 6.09 Å². The molecule has 31 heavy (non-hydrogen) atoms. The molecule has 0 radical (unpaired) electrons. The van der Waals surface area contributed by atoms with Crippen molar-refractivity contribution in [2.75, 3.05) is 25.1 Å². The van der Waals surface area contributed by atoms with Gasteiger partial charge in [-0.3, -0.25) is 9.89 Å². The Morgan fingerprint density at radius 2 is 2.00 bits per heavy atom. The normalized spacial score (nSPS) is 22.8. The first-order valence-corrected chi connectivity index (χ1v) is 11.5. The van der Waals surface area contributed by atoms with E-state index in [0.717, 1.165) is 79.8 Å². The standard InChI is InChI=1S/C24H34N4O3/c1-16-6-7-21-22(28(16)24(29)30-2)9-8-20(23(21)31-19-4-3-5-19)17(14-25)15-27-18-10-12-26-13-11-18/h8-9,14-16,18-19,26H,3-7,10-13,25H2,1-2H3/t16-/m0/s1. The van der Waals surface area contributed by atoms with Crippen molar-refractivity contribution >= 4 is 23.6 Å². The summed E-state index contributed by atoms with van der Waals surface area (Å²) in [6.45, 7) is 4.05. The van der Waals surface area contributed by atoms with Crippen LogP contribution in [-0.2, 0) is 11.2 Å². The first kappa shape index (κ1) is 21.7. The first-order chi connectivity index (χ1) is 15.1. The molecule has 0 unspecified atom stereocenters. The fourth-order valence-electron chi connectivity index (χ4n) is 4.54. The highest BCUT2D eigenvalue weighted by Crippen LogP contribution is 2.43. The highest BCUT2D eigenvalue weighted by molar-refractivity contribution is 6.11. The lowest BCUT2D eigenvalue weighted by Gasteiger charge is -2.37. The number of piperidine rings is 1. The summed E-state index contributed by atoms with van der Waals surface area (Å²) in [6.07, 6.45) is 10.5. The topological polar surface area (TPSA) is 89.2 Å². The van der Waals surface area contributed by atoms with Crippen LogP contribution in [0.15, 0.2) is 23.3 Å². The molecule has 1 aromatic carbocycles. The monoisotopic (exact) mass is 426 g/mol. The summed E-state index contributed by atoms with van der Waals surface area (Å²) in [4.78, 5) is 19.1. The number of carbonyl (C=O) groups is 1. The maximum Gasteiger partial charge on any atom is 0.414 e. The lowest BCUT2D eigenvalue weighted by Crippen LogP contribution is -2.42. The minimum atomic E-state index is -0.335. The van der Waals surface area contributed by atoms with E-state index < -0.39 is 0 Å². The van der Waals surface area contributed by atoms with Crippen molar-refractivity contribution in [3.05, 3.63) is 29.5 Å². The van der Waals surface area contributed by atoms with Crippen molar-refractivity contribution in [3.63, 3.8) is 0 Å². The van der Waals surface area contributed by atoms with Crippen molar-refractivity contribution in [3.8, 4) is 5.75 Å². The van der Waals surface area contributed by atoms with Gasteiger partial charge in [-0.2, -0.15) is 0 Å². The Bertz CT molecular complexity index is 857. The van der Waals surface area contributed by atoms with E-state index in [1.54, 1.807) is 11.1 Å². The molecule has 1 aliphatic carbocycles. The number of hydrogen-bond acceptors (Lipinski definition) is 6. The molecule has 2 aliphatic heterocycles. The van der Waals surface area contributed by atoms with E-state index in [-0.39, 0.29) is 18.2 Å². The van der Waals surface area contributed by atoms with Crippen LogP contribution in [-0.4, -0.2) is 50.7 Å². The Morgan fingerprint density at radius 1 is 1.23 bits per heavy atom. The Hall–Kier alpha value is -2.54. The fourth-order valence-corrected chi connectivity index (χ4v) is 4.54. The number of fused-ring (bicyclic) bond motifs is 1. The molecule has 3 N–H and O–H groups in total. The molecule has 0 aromatic heterocycles. The van der Waals surface area contributed by atoms with E-state index in [4.69, 9.17) is 20.2 Å². The molecule has 2 fully saturated rings. The fraction of sp³-hybridized carbons (Fsp3) is 0.583. The summed E-state index contributed by atoms with van der Waals surface area (Å²) in [6, 6.07) is 4.40. The van der Waals surface area contributed by atoms with E-state index >= 15 is 0 Å². The lowest BCUT2D eigenvalue weighted by molar-refractivity contribution is 0.118. The van der Waals surface area contributed by atoms with Gasteiger partial charge in [0.15, 0.2) is 0 Å². The number of aliphatic imine (C=N–C) groups is 1. The van der Waals surface area contributed by atoms with E-state index in [1.807, 2.05) is 18.3 Å². The smallest absolute Gasteiger partial charge is 0.414 e. The SMILES string of the molecule is COC(=O)N1c2ccc(C(C=NC3CCNCC3)=CN)c(OC3CCC3)c2CC[C@@H]1C. The van der Waals surface area contributed by atoms with Crippen LogP contribution in [0.3, 0.4) is 0 Å². The van der Waals surface area contributed by atoms with Crippen molar-refractivity contribution in [2.45, 2.75) is 70.1 Å². The van der Waals surface area contributed by atoms with Gasteiger partial charge in [-0.1, -0.05) is 0 Å². The molecule has 3 aliphatic rings. The van der Waals surface area contributed by atoms with Crippen LogP contribution in [0.4, 0.5) is 10.5 Å². The highest BCUT2D eigenvalue weighted by atomic mass is 16.5. The predicted octanol–water partition coefficient (Wildman–Crippen LogP) is 3.65. The number of anilines is 1. The number of carbonyl (C=O) groups excluding carboxylic acids is 1. The number of amides is 1. The zero-order chi connectivity index (χ0) is 21.8. The van der Waals surface area contributed by atoms with Crippen LogP contribution in [0.5, 0.6) is 5.75 Å². The van der Waals surface area contributed by atoms with Crippen molar-refractivity contribution in [1.82, 2.24) is 5.32 Å². The molecule has 1 amide bonds. The number of rotatable bonds is 5. The van der Waals surface area contributed by atoms with E-state index in [2.05, 4.69) is 12.2 Å². The van der Waals surface area contributed by atoms with Gasteiger partial charge in [0.2, 0.25) is 0 Å². The number of nitrogens with two attached hydrogens (primary N) is 1. The molecule has 168 valence electrons. The van der Waals surface area contributed by atoms with Crippen LogP contribution >= 0.6 is 0 Å². The van der Waals surface area contributed by atoms with E-state index in [0.29, 0.717) is 6.04 Å². The Morgan fingerprint density at radius 3 is 2.65 bits per heavy atom. The predicted molar refractivity (Wildman–Crippen MR) is 124 cm³/mol. The van der Waals surface area contributed by atoms with Crippen molar-refractivity contribution < 1.29 is 14.3 Å². The van der Waals surface area contributed by atoms with Gasteiger partial charge in [0.1, 0.15) is 5.75 Å². The molecule has 1 atom stereocenters. The molecule has 0 spiro atoms. The molecule has 1 saturated heterocycles. The number of hydrogen-bond donors (Lipinski definition) is 2. The molecule has 4 rings (SSSR count). The number of ether oxygens (including phenoxy) is 2. The third-order valence-electron chi connectivity index (χ3n) is 6.68. The second-order valence-corrected chi connectivity index (χ2v) is 8.72. The zero-order valence-corrected chi connectivity index (χ0v) is 18.6. The third kappa shape index (κ3) is 4.56. The summed E-state index contributed by atoms with van der Waals surface area (Å²) in [5.41, 5.74) is 9.79. The van der Waals surface area contributed by atoms with Gasteiger partial charge in [-0.25, -0.2) is 4.79 Å². The Balaban J connectivity index is 1.71. The molecule has 7 nitrogen and oxygen atoms in total. The Kier molecular flexibility index (Phi) is 6.80. The second kappa shape index (κ2) is 9.73. The molecule has 0 bridgehead atoms. The lowest BCUT2D eigenvalue weighted by atomic mass is 9.91. The number of methoxy groups -OCH3 is 1. The van der Waals surface area contributed by atoms with Gasteiger partial charge < -0.3 is 20.5 Å². The van der Waals surface area contributed by atoms with Crippen LogP contribution in [0.25, 0.3) is 5.57 Å². The molecule has 2 heterocycles. The summed E-state index contributed by atoms with van der Waals surface area (Å²) >= 11 is 0. The number of allylic oxidation sites excluding steroid dienone is 1. The third-order valence-corrected chi connectivity index (χ3v) is 6.68. The molecular formula is C24H34N4O3. The van der Waals surface area contributed by atoms with Crippen LogP contribution < -0.4 is 20.7 Å². The second-order valence-electron chi connectivity index (χ2n) is 8.72. The minimum Gasteiger partial charge on any atom is -0.489 e. The summed E-state index contributed by atoms with van der Waals surface area (Å²) in [5, 5.41) is 3.37. The summed E-state index contributed by atoms with van der Waals surface area (Å²) in [7, 11) is 1.43. The average Bonchev–Trinajstić information content (AvgIpc) is 2.77. The van der Waals surface area contributed by atoms with Gasteiger partial charge in [-0.15, -0.1) is 0 Å². The van der Waals surface area contributed by atoms with E-state index in [1.165, 1.54) is 13.5 Å². The van der Waals surface area contributed by atoms with Gasteiger partial charge in [0.05, 0.1) is 24.9 Å². The average molecular weight is 427 g/mol. The molecule has 1 saturated carbocycles. The number of nitrogens with one attached hydrogen (secondary N) is 1. The molecular weight excluding hydrogens is 392 g/mol. The number of nitrogens with zero attached hydrogens (tertiary/aromatic N) is 2. The quantitative estimate of drug-likeness (QED) is 0.702. The van der Waals surface area contributed by atoms with Crippen LogP contribution in [0.1, 0.15) is 56.6 Å². The van der Waals surface area contributed by atoms with Crippen LogP contribution in [0.2, 0.25) is 0 Å². The summed E-state index contributed by atoms with van der Waals surface area (Å²) < 4.78 is 11.6. The zero-order valence-electron chi connectivity index (χ0n) is 18.6. The van der Waals surface area contributed by atoms with Gasteiger partial charge in [0.25, 0.3) is 0 Å². The number of benzene rings is 1. The Labute approximate surface area is 184 Å². The first-order valence-electron chi connectivity index (χ1n) is 11.5. The largest absolute Gasteiger partial charge is 0.489 e. The molecule has 1 aromatic rings. The minimum absolute atomic E-state index is 0.0772. The van der Waals surface area contributed by atoms with Crippen molar-refractivity contribution in [2.24, 2.45) is 10.7 Å². The molecule has 7 heteroatoms. The maximum atomic E-state index is 12.5. The van der Waals surface area contributed by atoms with Gasteiger partial charge in [0, 0.05) is 35.2 Å². The van der Waals surface area contributed by atoms with Gasteiger partial charge in [-0.05, 0) is 77.1 Å². The van der Waals surface area contributed by atoms with E-state index in [9.17, 15) is 4.79 Å². The highest BCUT2D eigenvalue weighted by Gasteiger charge is 2.33. The van der Waals surface area contributed by atoms with Crippen molar-refractivity contribution in [1.29, 1.82) is 0 Å². The van der Waals surface area contributed by atoms with Crippen LogP contribution in [0, 0.1) is 0 Å². The maximum absolute atomic E-state index is 12.5.